The molecule has 2 aliphatic heterocycles. The van der Waals surface area contributed by atoms with Gasteiger partial charge in [0.1, 0.15) is 0 Å². The fourth-order valence-electron chi connectivity index (χ4n) is 4.65. The van der Waals surface area contributed by atoms with Crippen molar-refractivity contribution in [2.24, 2.45) is 0 Å². The van der Waals surface area contributed by atoms with Crippen LogP contribution >= 0.6 is 11.8 Å². The van der Waals surface area contributed by atoms with Gasteiger partial charge < -0.3 is 5.32 Å². The summed E-state index contributed by atoms with van der Waals surface area (Å²) in [5, 5.41) is 3.93. The molecule has 0 saturated carbocycles. The summed E-state index contributed by atoms with van der Waals surface area (Å²) in [6, 6.07) is 35.4. The van der Waals surface area contributed by atoms with Gasteiger partial charge in [-0.15, -0.1) is 0 Å². The molecule has 2 heteroatoms. The van der Waals surface area contributed by atoms with E-state index in [1.165, 1.54) is 43.3 Å². The monoisotopic (exact) mass is 377 g/mol. The van der Waals surface area contributed by atoms with Crippen molar-refractivity contribution >= 4 is 17.4 Å². The van der Waals surface area contributed by atoms with Crippen molar-refractivity contribution in [1.29, 1.82) is 0 Å². The quantitative estimate of drug-likeness (QED) is 0.379. The van der Waals surface area contributed by atoms with E-state index in [-0.39, 0.29) is 6.04 Å². The molecule has 0 spiro atoms. The van der Waals surface area contributed by atoms with Crippen molar-refractivity contribution < 1.29 is 0 Å². The van der Waals surface area contributed by atoms with Gasteiger partial charge in [-0.05, 0) is 34.4 Å². The standard InChI is InChI=1S/C26H19NS/c1-2-9-17(10-3-1)18-13-8-14-21-24-19-11-4-6-15-22(19)28-23-16-7-5-12-20(23)26(24)27-25(18)21/h1-16,24,26-27H. The third-order valence-electron chi connectivity index (χ3n) is 5.88. The fourth-order valence-corrected chi connectivity index (χ4v) is 5.81. The number of nitrogens with one attached hydrogen (secondary N) is 1. The molecule has 2 aliphatic rings. The minimum absolute atomic E-state index is 0.257. The van der Waals surface area contributed by atoms with Gasteiger partial charge in [-0.3, -0.25) is 0 Å². The lowest BCUT2D eigenvalue weighted by Gasteiger charge is -2.20. The first kappa shape index (κ1) is 16.0. The maximum Gasteiger partial charge on any atom is 0.0635 e. The van der Waals surface area contributed by atoms with Gasteiger partial charge in [0.2, 0.25) is 0 Å². The number of fused-ring (bicyclic) bond motifs is 7. The molecule has 6 rings (SSSR count). The van der Waals surface area contributed by atoms with Crippen molar-refractivity contribution in [3.63, 3.8) is 0 Å². The molecule has 0 aromatic heterocycles. The Labute approximate surface area is 169 Å². The number of benzene rings is 4. The third kappa shape index (κ3) is 2.35. The van der Waals surface area contributed by atoms with Gasteiger partial charge in [-0.1, -0.05) is 96.7 Å². The van der Waals surface area contributed by atoms with E-state index in [9.17, 15) is 0 Å². The zero-order valence-electron chi connectivity index (χ0n) is 15.3. The second kappa shape index (κ2) is 6.29. The van der Waals surface area contributed by atoms with E-state index < -0.39 is 0 Å². The molecule has 0 saturated heterocycles. The Morgan fingerprint density at radius 2 is 1.21 bits per heavy atom. The first-order chi connectivity index (χ1) is 13.9. The first-order valence-corrected chi connectivity index (χ1v) is 10.5. The van der Waals surface area contributed by atoms with E-state index in [1.54, 1.807) is 0 Å². The van der Waals surface area contributed by atoms with Crippen LogP contribution in [0.4, 0.5) is 5.69 Å². The van der Waals surface area contributed by atoms with Gasteiger partial charge in [0.15, 0.2) is 0 Å². The molecule has 0 radical (unpaired) electrons. The SMILES string of the molecule is c1ccc(-c2cccc3c2NC2c4ccccc4Sc4ccccc4C32)cc1. The van der Waals surface area contributed by atoms with Crippen molar-refractivity contribution in [1.82, 2.24) is 0 Å². The summed E-state index contributed by atoms with van der Waals surface area (Å²) in [5.41, 5.74) is 8.04. The van der Waals surface area contributed by atoms with Crippen LogP contribution in [0.3, 0.4) is 0 Å². The highest BCUT2D eigenvalue weighted by atomic mass is 32.2. The summed E-state index contributed by atoms with van der Waals surface area (Å²) in [6.07, 6.45) is 0. The van der Waals surface area contributed by atoms with E-state index >= 15 is 0 Å². The average molecular weight is 378 g/mol. The summed E-state index contributed by atoms with van der Waals surface area (Å²) >= 11 is 1.90. The molecule has 0 fully saturated rings. The van der Waals surface area contributed by atoms with Crippen molar-refractivity contribution in [3.8, 4) is 11.1 Å². The number of hydrogen-bond acceptors (Lipinski definition) is 2. The maximum absolute atomic E-state index is 3.93. The minimum Gasteiger partial charge on any atom is -0.376 e. The Morgan fingerprint density at radius 1 is 0.571 bits per heavy atom. The molecule has 4 aromatic carbocycles. The Kier molecular flexibility index (Phi) is 3.60. The summed E-state index contributed by atoms with van der Waals surface area (Å²) in [6.45, 7) is 0. The number of rotatable bonds is 1. The average Bonchev–Trinajstić information content (AvgIpc) is 3.08. The second-order valence-electron chi connectivity index (χ2n) is 7.41. The molecule has 134 valence electrons. The van der Waals surface area contributed by atoms with E-state index in [0.717, 1.165) is 0 Å². The molecule has 2 unspecified atom stereocenters. The van der Waals surface area contributed by atoms with Gasteiger partial charge in [0.05, 0.1) is 6.04 Å². The smallest absolute Gasteiger partial charge is 0.0635 e. The van der Waals surface area contributed by atoms with Crippen LogP contribution in [0.25, 0.3) is 11.1 Å². The van der Waals surface area contributed by atoms with Crippen molar-refractivity contribution in [2.75, 3.05) is 5.32 Å². The molecular formula is C26H19NS. The number of anilines is 1. The Morgan fingerprint density at radius 3 is 2.04 bits per heavy atom. The highest BCUT2D eigenvalue weighted by Crippen LogP contribution is 2.56. The van der Waals surface area contributed by atoms with Crippen LogP contribution in [0.2, 0.25) is 0 Å². The Balaban J connectivity index is 1.61. The van der Waals surface area contributed by atoms with E-state index in [2.05, 4.69) is 102 Å². The Hall–Kier alpha value is -2.97. The molecule has 2 heterocycles. The minimum atomic E-state index is 0.257. The second-order valence-corrected chi connectivity index (χ2v) is 8.50. The summed E-state index contributed by atoms with van der Waals surface area (Å²) < 4.78 is 0. The van der Waals surface area contributed by atoms with Crippen molar-refractivity contribution in [2.45, 2.75) is 21.8 Å². The normalized spacial score (nSPS) is 18.9. The predicted molar refractivity (Wildman–Crippen MR) is 117 cm³/mol. The molecule has 28 heavy (non-hydrogen) atoms. The van der Waals surface area contributed by atoms with E-state index in [0.29, 0.717) is 5.92 Å². The van der Waals surface area contributed by atoms with Crippen LogP contribution in [-0.4, -0.2) is 0 Å². The lowest BCUT2D eigenvalue weighted by molar-refractivity contribution is 0.696. The van der Waals surface area contributed by atoms with Crippen molar-refractivity contribution in [3.05, 3.63) is 114 Å². The topological polar surface area (TPSA) is 12.0 Å². The van der Waals surface area contributed by atoms with Gasteiger partial charge >= 0.3 is 0 Å². The zero-order valence-corrected chi connectivity index (χ0v) is 16.1. The highest BCUT2D eigenvalue weighted by molar-refractivity contribution is 7.99. The third-order valence-corrected chi connectivity index (χ3v) is 7.06. The first-order valence-electron chi connectivity index (χ1n) is 9.71. The van der Waals surface area contributed by atoms with Crippen LogP contribution in [-0.2, 0) is 0 Å². The van der Waals surface area contributed by atoms with Gasteiger partial charge in [0, 0.05) is 27.0 Å². The molecule has 1 nitrogen and oxygen atoms in total. The molecule has 0 amide bonds. The predicted octanol–water partition coefficient (Wildman–Crippen LogP) is 7.12. The molecule has 0 bridgehead atoms. The van der Waals surface area contributed by atoms with Crippen LogP contribution in [0, 0.1) is 0 Å². The lowest BCUT2D eigenvalue weighted by Crippen LogP contribution is -2.12. The Bertz CT molecular complexity index is 1180. The molecule has 0 aliphatic carbocycles. The molecule has 4 aromatic rings. The summed E-state index contributed by atoms with van der Waals surface area (Å²) in [7, 11) is 0. The summed E-state index contributed by atoms with van der Waals surface area (Å²) in [5.74, 6) is 0.325. The fraction of sp³-hybridized carbons (Fsp3) is 0.0769. The van der Waals surface area contributed by atoms with Gasteiger partial charge in [-0.2, -0.15) is 0 Å². The molecule has 1 N–H and O–H groups in total. The van der Waals surface area contributed by atoms with Crippen LogP contribution in [0.15, 0.2) is 107 Å². The van der Waals surface area contributed by atoms with Gasteiger partial charge in [-0.25, -0.2) is 0 Å². The van der Waals surface area contributed by atoms with Gasteiger partial charge in [0.25, 0.3) is 0 Å². The number of para-hydroxylation sites is 1. The lowest BCUT2D eigenvalue weighted by atomic mass is 9.84. The zero-order chi connectivity index (χ0) is 18.5. The maximum atomic E-state index is 3.93. The van der Waals surface area contributed by atoms with E-state index in [1.807, 2.05) is 11.8 Å². The highest BCUT2D eigenvalue weighted by Gasteiger charge is 2.39. The van der Waals surface area contributed by atoms with Crippen LogP contribution in [0.5, 0.6) is 0 Å². The number of hydrogen-bond donors (Lipinski definition) is 1. The van der Waals surface area contributed by atoms with Crippen LogP contribution in [0.1, 0.15) is 28.7 Å². The largest absolute Gasteiger partial charge is 0.376 e. The van der Waals surface area contributed by atoms with E-state index in [4.69, 9.17) is 0 Å². The summed E-state index contributed by atoms with van der Waals surface area (Å²) in [4.78, 5) is 2.71. The molecular weight excluding hydrogens is 358 g/mol. The van der Waals surface area contributed by atoms with Crippen LogP contribution < -0.4 is 5.32 Å². The molecule has 2 atom stereocenters.